The first-order chi connectivity index (χ1) is 7.31. The van der Waals surface area contributed by atoms with Gasteiger partial charge in [-0.2, -0.15) is 16.7 Å². The summed E-state index contributed by atoms with van der Waals surface area (Å²) in [6.45, 7) is 0. The number of terminal acetylenes is 1. The molecule has 5 heteroatoms. The van der Waals surface area contributed by atoms with Crippen LogP contribution >= 0.6 is 11.8 Å². The summed E-state index contributed by atoms with van der Waals surface area (Å²) in [7, 11) is 0. The first-order valence-electron chi connectivity index (χ1n) is 4.95. The van der Waals surface area contributed by atoms with Gasteiger partial charge < -0.3 is 10.3 Å². The Bertz CT molecular complexity index is 365. The third kappa shape index (κ3) is 2.33. The molecule has 0 bridgehead atoms. The van der Waals surface area contributed by atoms with Gasteiger partial charge in [-0.15, -0.1) is 12.3 Å². The second-order valence-corrected chi connectivity index (χ2v) is 4.82. The van der Waals surface area contributed by atoms with E-state index in [1.54, 1.807) is 0 Å². The Labute approximate surface area is 93.0 Å². The lowest BCUT2D eigenvalue weighted by atomic mass is 10.2. The van der Waals surface area contributed by atoms with Crippen LogP contribution in [0.4, 0.5) is 0 Å². The molecule has 0 amide bonds. The molecule has 0 aromatic carbocycles. The number of nitrogens with two attached hydrogens (primary N) is 1. The average Bonchev–Trinajstić information content (AvgIpc) is 2.89. The van der Waals surface area contributed by atoms with Crippen molar-refractivity contribution in [2.45, 2.75) is 30.6 Å². The van der Waals surface area contributed by atoms with E-state index in [4.69, 9.17) is 16.7 Å². The van der Waals surface area contributed by atoms with E-state index in [1.165, 1.54) is 12.2 Å². The van der Waals surface area contributed by atoms with Crippen molar-refractivity contribution in [2.24, 2.45) is 5.73 Å². The molecule has 80 valence electrons. The highest BCUT2D eigenvalue weighted by Gasteiger charge is 2.24. The summed E-state index contributed by atoms with van der Waals surface area (Å²) in [5, 5.41) is 4.32. The van der Waals surface area contributed by atoms with Crippen molar-refractivity contribution in [3.8, 4) is 12.3 Å². The van der Waals surface area contributed by atoms with Crippen LogP contribution in [0.25, 0.3) is 0 Å². The van der Waals surface area contributed by atoms with E-state index in [9.17, 15) is 0 Å². The van der Waals surface area contributed by atoms with Crippen molar-refractivity contribution in [1.29, 1.82) is 0 Å². The first kappa shape index (κ1) is 10.5. The molecule has 0 saturated carbocycles. The fraction of sp³-hybridized carbons (Fsp3) is 0.600. The Balaban J connectivity index is 2.06. The minimum atomic E-state index is -0.331. The smallest absolute Gasteiger partial charge is 0.244 e. The predicted molar refractivity (Wildman–Crippen MR) is 59.1 cm³/mol. The minimum absolute atomic E-state index is 0.331. The molecule has 0 radical (unpaired) electrons. The van der Waals surface area contributed by atoms with Crippen LogP contribution in [0.5, 0.6) is 0 Å². The number of aromatic nitrogens is 2. The van der Waals surface area contributed by atoms with Crippen molar-refractivity contribution in [3.63, 3.8) is 0 Å². The van der Waals surface area contributed by atoms with Crippen LogP contribution in [0, 0.1) is 12.3 Å². The molecule has 1 aliphatic heterocycles. The van der Waals surface area contributed by atoms with Crippen LogP contribution in [0.3, 0.4) is 0 Å². The molecular weight excluding hydrogens is 210 g/mol. The Morgan fingerprint density at radius 2 is 2.60 bits per heavy atom. The monoisotopic (exact) mass is 223 g/mol. The average molecular weight is 223 g/mol. The largest absolute Gasteiger partial charge is 0.338 e. The lowest BCUT2D eigenvalue weighted by molar-refractivity contribution is 0.352. The number of hydrogen-bond donors (Lipinski definition) is 1. The van der Waals surface area contributed by atoms with Crippen molar-refractivity contribution in [1.82, 2.24) is 10.1 Å². The van der Waals surface area contributed by atoms with Crippen LogP contribution in [-0.2, 0) is 0 Å². The molecule has 2 atom stereocenters. The maximum Gasteiger partial charge on any atom is 0.244 e. The molecule has 2 heterocycles. The molecule has 4 nitrogen and oxygen atoms in total. The second kappa shape index (κ2) is 4.69. The van der Waals surface area contributed by atoms with E-state index >= 15 is 0 Å². The Morgan fingerprint density at radius 1 is 1.73 bits per heavy atom. The zero-order chi connectivity index (χ0) is 10.7. The highest BCUT2D eigenvalue weighted by molar-refractivity contribution is 7.99. The minimum Gasteiger partial charge on any atom is -0.338 e. The van der Waals surface area contributed by atoms with Gasteiger partial charge in [-0.1, -0.05) is 5.16 Å². The number of rotatable bonds is 3. The van der Waals surface area contributed by atoms with Gasteiger partial charge in [0.25, 0.3) is 0 Å². The van der Waals surface area contributed by atoms with Crippen LogP contribution in [-0.4, -0.2) is 15.9 Å². The Morgan fingerprint density at radius 3 is 3.27 bits per heavy atom. The molecule has 1 fully saturated rings. The molecule has 1 aliphatic rings. The highest BCUT2D eigenvalue weighted by atomic mass is 32.2. The maximum atomic E-state index is 5.77. The third-order valence-electron chi connectivity index (χ3n) is 2.33. The molecular formula is C10H13N3OS. The van der Waals surface area contributed by atoms with Gasteiger partial charge in [0.1, 0.15) is 0 Å². The van der Waals surface area contributed by atoms with Gasteiger partial charge in [0.2, 0.25) is 5.89 Å². The number of nitrogens with zero attached hydrogens (tertiary/aromatic N) is 2. The predicted octanol–water partition coefficient (Wildman–Crippen LogP) is 1.66. The third-order valence-corrected chi connectivity index (χ3v) is 3.70. The Kier molecular flexibility index (Phi) is 3.29. The van der Waals surface area contributed by atoms with Crippen molar-refractivity contribution >= 4 is 11.8 Å². The first-order valence-corrected chi connectivity index (χ1v) is 6.00. The van der Waals surface area contributed by atoms with E-state index in [1.807, 2.05) is 11.8 Å². The fourth-order valence-corrected chi connectivity index (χ4v) is 2.72. The summed E-state index contributed by atoms with van der Waals surface area (Å²) in [6, 6.07) is -0.331. The zero-order valence-electron chi connectivity index (χ0n) is 8.35. The van der Waals surface area contributed by atoms with Gasteiger partial charge >= 0.3 is 0 Å². The lowest BCUT2D eigenvalue weighted by Gasteiger charge is -2.00. The van der Waals surface area contributed by atoms with Gasteiger partial charge in [-0.3, -0.25) is 0 Å². The molecule has 2 rings (SSSR count). The number of hydrogen-bond acceptors (Lipinski definition) is 5. The molecule has 1 aromatic heterocycles. The van der Waals surface area contributed by atoms with Gasteiger partial charge in [-0.05, 0) is 18.6 Å². The number of thioether (sulfide) groups is 1. The summed E-state index contributed by atoms with van der Waals surface area (Å²) in [5.74, 6) is 4.88. The molecule has 1 saturated heterocycles. The summed E-state index contributed by atoms with van der Waals surface area (Å²) >= 11 is 1.87. The van der Waals surface area contributed by atoms with Crippen molar-refractivity contribution < 1.29 is 4.52 Å². The van der Waals surface area contributed by atoms with E-state index in [-0.39, 0.29) is 6.04 Å². The summed E-state index contributed by atoms with van der Waals surface area (Å²) in [6.07, 6.45) is 7.94. The molecule has 1 aromatic rings. The van der Waals surface area contributed by atoms with Gasteiger partial charge in [-0.25, -0.2) is 0 Å². The van der Waals surface area contributed by atoms with E-state index < -0.39 is 0 Å². The van der Waals surface area contributed by atoms with Gasteiger partial charge in [0.05, 0.1) is 11.3 Å². The van der Waals surface area contributed by atoms with Crippen LogP contribution < -0.4 is 5.73 Å². The van der Waals surface area contributed by atoms with Crippen LogP contribution in [0.15, 0.2) is 4.52 Å². The fourth-order valence-electron chi connectivity index (χ4n) is 1.52. The molecule has 2 unspecified atom stereocenters. The SMILES string of the molecule is C#CCC(N)c1nc(C2CCCS2)no1. The molecule has 2 N–H and O–H groups in total. The maximum absolute atomic E-state index is 5.77. The van der Waals surface area contributed by atoms with E-state index in [2.05, 4.69) is 16.1 Å². The molecule has 0 spiro atoms. The zero-order valence-corrected chi connectivity index (χ0v) is 9.17. The quantitative estimate of drug-likeness (QED) is 0.789. The Hall–Kier alpha value is -0.990. The topological polar surface area (TPSA) is 64.9 Å². The van der Waals surface area contributed by atoms with Gasteiger partial charge in [0.15, 0.2) is 5.82 Å². The standard InChI is InChI=1S/C10H13N3OS/c1-2-4-7(11)10-12-9(13-14-10)8-5-3-6-15-8/h1,7-8H,3-6,11H2. The second-order valence-electron chi connectivity index (χ2n) is 3.51. The van der Waals surface area contributed by atoms with Crippen LogP contribution in [0.1, 0.15) is 42.3 Å². The summed E-state index contributed by atoms with van der Waals surface area (Å²) in [4.78, 5) is 4.29. The normalized spacial score (nSPS) is 22.5. The molecule has 15 heavy (non-hydrogen) atoms. The molecule has 0 aliphatic carbocycles. The summed E-state index contributed by atoms with van der Waals surface area (Å²) in [5.41, 5.74) is 5.77. The lowest BCUT2D eigenvalue weighted by Crippen LogP contribution is -2.09. The van der Waals surface area contributed by atoms with Crippen molar-refractivity contribution in [2.75, 3.05) is 5.75 Å². The van der Waals surface area contributed by atoms with E-state index in [0.29, 0.717) is 17.6 Å². The summed E-state index contributed by atoms with van der Waals surface area (Å²) < 4.78 is 5.10. The van der Waals surface area contributed by atoms with Crippen LogP contribution in [0.2, 0.25) is 0 Å². The van der Waals surface area contributed by atoms with Crippen molar-refractivity contribution in [3.05, 3.63) is 11.7 Å². The highest BCUT2D eigenvalue weighted by Crippen LogP contribution is 2.38. The van der Waals surface area contributed by atoms with Gasteiger partial charge in [0, 0.05) is 6.42 Å². The van der Waals surface area contributed by atoms with E-state index in [0.717, 1.165) is 12.2 Å².